The van der Waals surface area contributed by atoms with Crippen LogP contribution in [0.25, 0.3) is 0 Å². The zero-order valence-corrected chi connectivity index (χ0v) is 18.6. The molecule has 160 valence electrons. The molecule has 30 heavy (non-hydrogen) atoms. The van der Waals surface area contributed by atoms with E-state index >= 15 is 0 Å². The number of aromatic nitrogens is 2. The molecule has 1 N–H and O–H groups in total. The Labute approximate surface area is 182 Å². The Kier molecular flexibility index (Phi) is 7.85. The Balaban J connectivity index is 1.56. The van der Waals surface area contributed by atoms with Crippen LogP contribution in [0.5, 0.6) is 0 Å². The molecule has 1 aromatic heterocycles. The van der Waals surface area contributed by atoms with Gasteiger partial charge in [-0.05, 0) is 50.3 Å². The van der Waals surface area contributed by atoms with E-state index in [0.717, 1.165) is 36.2 Å². The molecular weight excluding hydrogens is 398 g/mol. The third kappa shape index (κ3) is 6.29. The summed E-state index contributed by atoms with van der Waals surface area (Å²) in [4.78, 5) is 33.7. The quantitative estimate of drug-likeness (QED) is 0.404. The molecule has 6 nitrogen and oxygen atoms in total. The summed E-state index contributed by atoms with van der Waals surface area (Å²) >= 11 is 1.47. The molecule has 1 aliphatic rings. The number of benzene rings is 1. The molecule has 0 aliphatic heterocycles. The Morgan fingerprint density at radius 3 is 2.57 bits per heavy atom. The van der Waals surface area contributed by atoms with Crippen LogP contribution < -0.4 is 5.32 Å². The Bertz CT molecular complexity index is 883. The van der Waals surface area contributed by atoms with Gasteiger partial charge in [0, 0.05) is 23.2 Å². The summed E-state index contributed by atoms with van der Waals surface area (Å²) in [6, 6.07) is 9.38. The molecule has 1 heterocycles. The molecular formula is C23H29N3O3S. The van der Waals surface area contributed by atoms with Crippen molar-refractivity contribution < 1.29 is 14.3 Å². The van der Waals surface area contributed by atoms with Gasteiger partial charge in [-0.15, -0.1) is 0 Å². The second-order valence-electron chi connectivity index (χ2n) is 7.89. The standard InChI is InChI=1S/C23H29N3O3S/c1-15-8-4-7-11-20(15)26-21(27)13-29-22(28)19-10-6-5-9-18(19)14-30-23-24-16(2)12-17(3)25-23/h5-6,9-10,12,15,20H,4,7-8,11,13-14H2,1-3H3,(H,26,27)/t15-,20+/m0/s1. The van der Waals surface area contributed by atoms with Crippen LogP contribution in [-0.2, 0) is 15.3 Å². The van der Waals surface area contributed by atoms with Crippen molar-refractivity contribution in [1.29, 1.82) is 0 Å². The van der Waals surface area contributed by atoms with Crippen LogP contribution in [0.3, 0.4) is 0 Å². The summed E-state index contributed by atoms with van der Waals surface area (Å²) in [6.45, 7) is 5.76. The zero-order valence-electron chi connectivity index (χ0n) is 17.8. The molecule has 7 heteroatoms. The van der Waals surface area contributed by atoms with Crippen molar-refractivity contribution in [2.24, 2.45) is 5.92 Å². The van der Waals surface area contributed by atoms with Crippen molar-refractivity contribution >= 4 is 23.6 Å². The number of carbonyl (C=O) groups excluding carboxylic acids is 2. The van der Waals surface area contributed by atoms with E-state index in [1.807, 2.05) is 32.0 Å². The highest BCUT2D eigenvalue weighted by atomic mass is 32.2. The van der Waals surface area contributed by atoms with Crippen molar-refractivity contribution in [3.05, 3.63) is 52.8 Å². The number of amides is 1. The molecule has 1 aliphatic carbocycles. The number of thioether (sulfide) groups is 1. The number of carbonyl (C=O) groups is 2. The number of hydrogen-bond donors (Lipinski definition) is 1. The Morgan fingerprint density at radius 1 is 1.13 bits per heavy atom. The van der Waals surface area contributed by atoms with Crippen molar-refractivity contribution in [3.8, 4) is 0 Å². The number of nitrogens with zero attached hydrogens (tertiary/aromatic N) is 2. The lowest BCUT2D eigenvalue weighted by molar-refractivity contribution is -0.125. The summed E-state index contributed by atoms with van der Waals surface area (Å²) in [6.07, 6.45) is 4.45. The smallest absolute Gasteiger partial charge is 0.338 e. The number of ether oxygens (including phenoxy) is 1. The maximum Gasteiger partial charge on any atom is 0.338 e. The first-order valence-corrected chi connectivity index (χ1v) is 11.4. The average Bonchev–Trinajstić information content (AvgIpc) is 2.72. The fourth-order valence-corrected chi connectivity index (χ4v) is 4.69. The largest absolute Gasteiger partial charge is 0.452 e. The number of esters is 1. The lowest BCUT2D eigenvalue weighted by Gasteiger charge is -2.29. The number of rotatable bonds is 7. The summed E-state index contributed by atoms with van der Waals surface area (Å²) in [7, 11) is 0. The zero-order chi connectivity index (χ0) is 21.5. The van der Waals surface area contributed by atoms with E-state index in [0.29, 0.717) is 22.4 Å². The monoisotopic (exact) mass is 427 g/mol. The maximum absolute atomic E-state index is 12.6. The SMILES string of the molecule is Cc1cc(C)nc(SCc2ccccc2C(=O)OCC(=O)N[C@@H]2CCCC[C@@H]2C)n1. The minimum atomic E-state index is -0.487. The molecule has 0 radical (unpaired) electrons. The minimum Gasteiger partial charge on any atom is -0.452 e. The molecule has 0 saturated heterocycles. The normalized spacial score (nSPS) is 18.6. The van der Waals surface area contributed by atoms with Crippen LogP contribution in [0.2, 0.25) is 0 Å². The predicted octanol–water partition coefficient (Wildman–Crippen LogP) is 4.24. The number of aryl methyl sites for hydroxylation is 2. The third-order valence-electron chi connectivity index (χ3n) is 5.35. The highest BCUT2D eigenvalue weighted by Gasteiger charge is 2.23. The Hall–Kier alpha value is -2.41. The minimum absolute atomic E-state index is 0.173. The maximum atomic E-state index is 12.6. The first-order valence-electron chi connectivity index (χ1n) is 10.4. The van der Waals surface area contributed by atoms with Crippen molar-refractivity contribution in [2.75, 3.05) is 6.61 Å². The molecule has 3 rings (SSSR count). The van der Waals surface area contributed by atoms with E-state index in [9.17, 15) is 9.59 Å². The number of nitrogens with one attached hydrogen (secondary N) is 1. The van der Waals surface area contributed by atoms with Gasteiger partial charge in [-0.3, -0.25) is 4.79 Å². The van der Waals surface area contributed by atoms with Gasteiger partial charge in [0.05, 0.1) is 5.56 Å². The van der Waals surface area contributed by atoms with Crippen molar-refractivity contribution in [1.82, 2.24) is 15.3 Å². The summed E-state index contributed by atoms with van der Waals surface area (Å²) in [5.74, 6) is 0.278. The van der Waals surface area contributed by atoms with Gasteiger partial charge < -0.3 is 10.1 Å². The van der Waals surface area contributed by atoms with Crippen LogP contribution in [0, 0.1) is 19.8 Å². The van der Waals surface area contributed by atoms with Gasteiger partial charge in [-0.2, -0.15) is 0 Å². The van der Waals surface area contributed by atoms with Crippen LogP contribution in [-0.4, -0.2) is 34.5 Å². The summed E-state index contributed by atoms with van der Waals surface area (Å²) in [5.41, 5.74) is 3.12. The lowest BCUT2D eigenvalue weighted by atomic mass is 9.86. The van der Waals surface area contributed by atoms with Gasteiger partial charge in [0.2, 0.25) is 0 Å². The van der Waals surface area contributed by atoms with E-state index in [2.05, 4.69) is 22.2 Å². The fourth-order valence-electron chi connectivity index (χ4n) is 3.73. The first-order chi connectivity index (χ1) is 14.4. The molecule has 0 unspecified atom stereocenters. The van der Waals surface area contributed by atoms with E-state index in [1.54, 1.807) is 12.1 Å². The molecule has 1 aromatic carbocycles. The fraction of sp³-hybridized carbons (Fsp3) is 0.478. The van der Waals surface area contributed by atoms with Gasteiger partial charge in [0.15, 0.2) is 11.8 Å². The second kappa shape index (κ2) is 10.6. The molecule has 2 atom stereocenters. The topological polar surface area (TPSA) is 81.2 Å². The van der Waals surface area contributed by atoms with E-state index in [1.165, 1.54) is 18.2 Å². The van der Waals surface area contributed by atoms with E-state index in [4.69, 9.17) is 4.74 Å². The highest BCUT2D eigenvalue weighted by Crippen LogP contribution is 2.24. The van der Waals surface area contributed by atoms with Gasteiger partial charge in [-0.1, -0.05) is 49.7 Å². The summed E-state index contributed by atoms with van der Waals surface area (Å²) in [5, 5.41) is 3.69. The Morgan fingerprint density at radius 2 is 1.83 bits per heavy atom. The van der Waals surface area contributed by atoms with Crippen LogP contribution in [0.1, 0.15) is 59.9 Å². The van der Waals surface area contributed by atoms with Gasteiger partial charge in [-0.25, -0.2) is 14.8 Å². The molecule has 1 amide bonds. The third-order valence-corrected chi connectivity index (χ3v) is 6.24. The van der Waals surface area contributed by atoms with E-state index < -0.39 is 5.97 Å². The number of hydrogen-bond acceptors (Lipinski definition) is 6. The molecule has 0 bridgehead atoms. The summed E-state index contributed by atoms with van der Waals surface area (Å²) < 4.78 is 5.31. The first kappa shape index (κ1) is 22.3. The molecule has 2 aromatic rings. The predicted molar refractivity (Wildman–Crippen MR) is 117 cm³/mol. The molecule has 0 spiro atoms. The van der Waals surface area contributed by atoms with Crippen LogP contribution in [0.15, 0.2) is 35.5 Å². The average molecular weight is 428 g/mol. The van der Waals surface area contributed by atoms with Crippen LogP contribution >= 0.6 is 11.8 Å². The lowest BCUT2D eigenvalue weighted by Crippen LogP contribution is -2.42. The molecule has 1 saturated carbocycles. The second-order valence-corrected chi connectivity index (χ2v) is 8.83. The van der Waals surface area contributed by atoms with Gasteiger partial charge in [0.25, 0.3) is 5.91 Å². The van der Waals surface area contributed by atoms with Gasteiger partial charge >= 0.3 is 5.97 Å². The van der Waals surface area contributed by atoms with Crippen LogP contribution in [0.4, 0.5) is 0 Å². The van der Waals surface area contributed by atoms with E-state index in [-0.39, 0.29) is 18.6 Å². The highest BCUT2D eigenvalue weighted by molar-refractivity contribution is 7.98. The van der Waals surface area contributed by atoms with Crippen molar-refractivity contribution in [2.45, 2.75) is 63.4 Å². The van der Waals surface area contributed by atoms with Gasteiger partial charge in [0.1, 0.15) is 0 Å². The van der Waals surface area contributed by atoms with Crippen molar-refractivity contribution in [3.63, 3.8) is 0 Å². The molecule has 1 fully saturated rings.